The van der Waals surface area contributed by atoms with E-state index >= 15 is 0 Å². The molecule has 3 aromatic heterocycles. The maximum Gasteiger partial charge on any atom is 0.341 e. The predicted molar refractivity (Wildman–Crippen MR) is 138 cm³/mol. The van der Waals surface area contributed by atoms with Crippen LogP contribution in [0.15, 0.2) is 48.5 Å². The summed E-state index contributed by atoms with van der Waals surface area (Å²) in [5.74, 6) is -0.580. The standard InChI is InChI=1S/C27H24N4O3S/c1-2-34-27(33)23-17-10-4-8-14-21(17)35-26(23)30-22(32)15-31-20-13-7-3-9-16(20)24-25(31)29-19-12-6-5-11-18(19)28-24/h3,5-7,9,11-13H,2,4,8,10,14-15H2,1H3,(H,30,32). The summed E-state index contributed by atoms with van der Waals surface area (Å²) in [5.41, 5.74) is 5.47. The van der Waals surface area contributed by atoms with Gasteiger partial charge in [0.25, 0.3) is 0 Å². The Morgan fingerprint density at radius 1 is 1.03 bits per heavy atom. The van der Waals surface area contributed by atoms with Gasteiger partial charge in [0.05, 0.1) is 28.7 Å². The van der Waals surface area contributed by atoms with Crippen molar-refractivity contribution < 1.29 is 14.3 Å². The number of hydrogen-bond donors (Lipinski definition) is 1. The van der Waals surface area contributed by atoms with Crippen molar-refractivity contribution >= 4 is 61.3 Å². The van der Waals surface area contributed by atoms with E-state index in [1.165, 1.54) is 16.2 Å². The Labute approximate surface area is 205 Å². The lowest BCUT2D eigenvalue weighted by Crippen LogP contribution is -2.20. The predicted octanol–water partition coefficient (Wildman–Crippen LogP) is 5.49. The summed E-state index contributed by atoms with van der Waals surface area (Å²) in [6, 6.07) is 15.6. The Morgan fingerprint density at radius 2 is 1.77 bits per heavy atom. The number of ether oxygens (including phenoxy) is 1. The maximum atomic E-state index is 13.4. The molecule has 35 heavy (non-hydrogen) atoms. The Kier molecular flexibility index (Phi) is 5.45. The fourth-order valence-corrected chi connectivity index (χ4v) is 6.22. The number of aryl methyl sites for hydroxylation is 1. The molecule has 0 saturated heterocycles. The van der Waals surface area contributed by atoms with E-state index < -0.39 is 0 Å². The summed E-state index contributed by atoms with van der Waals surface area (Å²) >= 11 is 1.50. The molecular weight excluding hydrogens is 460 g/mol. The molecule has 2 aromatic carbocycles. The van der Waals surface area contributed by atoms with Crippen LogP contribution >= 0.6 is 11.3 Å². The number of esters is 1. The van der Waals surface area contributed by atoms with Crippen LogP contribution in [0.5, 0.6) is 0 Å². The zero-order chi connectivity index (χ0) is 23.9. The van der Waals surface area contributed by atoms with Crippen LogP contribution in [-0.4, -0.2) is 33.0 Å². The third kappa shape index (κ3) is 3.74. The van der Waals surface area contributed by atoms with Gasteiger partial charge < -0.3 is 14.6 Å². The molecule has 0 saturated carbocycles. The van der Waals surface area contributed by atoms with Gasteiger partial charge in [-0.2, -0.15) is 0 Å². The van der Waals surface area contributed by atoms with Gasteiger partial charge in [-0.1, -0.05) is 30.3 Å². The molecule has 3 heterocycles. The number of aromatic nitrogens is 3. The van der Waals surface area contributed by atoms with Crippen LogP contribution in [0.3, 0.4) is 0 Å². The van der Waals surface area contributed by atoms with Crippen LogP contribution in [0, 0.1) is 0 Å². The molecule has 8 heteroatoms. The highest BCUT2D eigenvalue weighted by Gasteiger charge is 2.27. The number of para-hydroxylation sites is 3. The maximum absolute atomic E-state index is 13.4. The average molecular weight is 485 g/mol. The molecule has 0 unspecified atom stereocenters. The molecule has 1 N–H and O–H groups in total. The zero-order valence-corrected chi connectivity index (χ0v) is 20.2. The minimum Gasteiger partial charge on any atom is -0.462 e. The smallest absolute Gasteiger partial charge is 0.341 e. The largest absolute Gasteiger partial charge is 0.462 e. The van der Waals surface area contributed by atoms with E-state index in [4.69, 9.17) is 14.7 Å². The molecule has 0 fully saturated rings. The molecule has 0 bridgehead atoms. The average Bonchev–Trinajstić information content (AvgIpc) is 3.38. The highest BCUT2D eigenvalue weighted by molar-refractivity contribution is 7.17. The number of benzene rings is 2. The third-order valence-corrected chi connectivity index (χ3v) is 7.67. The number of carbonyl (C=O) groups excluding carboxylic acids is 2. The second-order valence-corrected chi connectivity index (χ2v) is 9.78. The fourth-order valence-electron chi connectivity index (χ4n) is 4.93. The Hall–Kier alpha value is -3.78. The van der Waals surface area contributed by atoms with Crippen molar-refractivity contribution in [1.82, 2.24) is 14.5 Å². The van der Waals surface area contributed by atoms with Gasteiger partial charge in [-0.05, 0) is 56.4 Å². The second kappa shape index (κ2) is 8.78. The molecule has 7 nitrogen and oxygen atoms in total. The first-order chi connectivity index (χ1) is 17.1. The van der Waals surface area contributed by atoms with Crippen molar-refractivity contribution in [1.29, 1.82) is 0 Å². The molecular formula is C27H24N4O3S. The van der Waals surface area contributed by atoms with Crippen LogP contribution in [0.4, 0.5) is 5.00 Å². The van der Waals surface area contributed by atoms with E-state index in [0.29, 0.717) is 22.8 Å². The van der Waals surface area contributed by atoms with Crippen molar-refractivity contribution in [3.63, 3.8) is 0 Å². The van der Waals surface area contributed by atoms with E-state index in [-0.39, 0.29) is 18.4 Å². The van der Waals surface area contributed by atoms with E-state index in [9.17, 15) is 9.59 Å². The molecule has 0 aliphatic heterocycles. The molecule has 1 aliphatic rings. The molecule has 6 rings (SSSR count). The number of nitrogens with zero attached hydrogens (tertiary/aromatic N) is 3. The van der Waals surface area contributed by atoms with Crippen molar-refractivity contribution in [2.45, 2.75) is 39.2 Å². The first-order valence-corrected chi connectivity index (χ1v) is 12.7. The van der Waals surface area contributed by atoms with Crippen LogP contribution in [0.1, 0.15) is 40.6 Å². The van der Waals surface area contributed by atoms with Gasteiger partial charge in [0.15, 0.2) is 5.65 Å². The first-order valence-electron chi connectivity index (χ1n) is 11.9. The minimum atomic E-state index is -0.364. The summed E-state index contributed by atoms with van der Waals surface area (Å²) < 4.78 is 7.23. The van der Waals surface area contributed by atoms with E-state index in [2.05, 4.69) is 5.32 Å². The van der Waals surface area contributed by atoms with Gasteiger partial charge in [0.1, 0.15) is 17.1 Å². The third-order valence-electron chi connectivity index (χ3n) is 6.46. The number of carbonyl (C=O) groups is 2. The zero-order valence-electron chi connectivity index (χ0n) is 19.3. The molecule has 5 aromatic rings. The monoisotopic (exact) mass is 484 g/mol. The SMILES string of the molecule is CCOC(=O)c1c(NC(=O)Cn2c3ccccc3c3nc4ccccc4nc32)sc2c1CCCC2. The van der Waals surface area contributed by atoms with Crippen molar-refractivity contribution in [3.8, 4) is 0 Å². The Bertz CT molecular complexity index is 1620. The molecule has 0 atom stereocenters. The second-order valence-electron chi connectivity index (χ2n) is 8.67. The lowest BCUT2D eigenvalue weighted by atomic mass is 9.95. The molecule has 0 radical (unpaired) electrons. The van der Waals surface area contributed by atoms with Crippen LogP contribution in [-0.2, 0) is 28.9 Å². The van der Waals surface area contributed by atoms with Gasteiger partial charge in [0.2, 0.25) is 5.91 Å². The summed E-state index contributed by atoms with van der Waals surface area (Å²) in [4.78, 5) is 37.0. The normalized spacial score (nSPS) is 13.3. The van der Waals surface area contributed by atoms with Crippen LogP contribution in [0.25, 0.3) is 33.1 Å². The molecule has 0 spiro atoms. The van der Waals surface area contributed by atoms with Crippen LogP contribution < -0.4 is 5.32 Å². The first kappa shape index (κ1) is 21.7. The number of fused-ring (bicyclic) bond motifs is 5. The minimum absolute atomic E-state index is 0.0574. The highest BCUT2D eigenvalue weighted by Crippen LogP contribution is 2.39. The number of anilines is 1. The number of hydrogen-bond acceptors (Lipinski definition) is 6. The number of thiophene rings is 1. The molecule has 1 amide bonds. The van der Waals surface area contributed by atoms with Crippen molar-refractivity contribution in [2.24, 2.45) is 0 Å². The molecule has 1 aliphatic carbocycles. The van der Waals surface area contributed by atoms with Crippen molar-refractivity contribution in [2.75, 3.05) is 11.9 Å². The van der Waals surface area contributed by atoms with Gasteiger partial charge >= 0.3 is 5.97 Å². The van der Waals surface area contributed by atoms with Gasteiger partial charge in [-0.3, -0.25) is 4.79 Å². The lowest BCUT2D eigenvalue weighted by Gasteiger charge is -2.12. The van der Waals surface area contributed by atoms with Gasteiger partial charge in [-0.25, -0.2) is 14.8 Å². The topological polar surface area (TPSA) is 86.1 Å². The van der Waals surface area contributed by atoms with E-state index in [1.54, 1.807) is 6.92 Å². The number of nitrogens with one attached hydrogen (secondary N) is 1. The molecule has 176 valence electrons. The van der Waals surface area contributed by atoms with E-state index in [1.807, 2.05) is 53.1 Å². The number of amides is 1. The van der Waals surface area contributed by atoms with E-state index in [0.717, 1.165) is 58.7 Å². The Balaban J connectivity index is 1.40. The summed E-state index contributed by atoms with van der Waals surface area (Å²) in [5, 5.41) is 4.55. The fraction of sp³-hybridized carbons (Fsp3) is 0.259. The summed E-state index contributed by atoms with van der Waals surface area (Å²) in [6.45, 7) is 2.15. The van der Waals surface area contributed by atoms with Gasteiger partial charge in [0, 0.05) is 10.3 Å². The highest BCUT2D eigenvalue weighted by atomic mass is 32.1. The quantitative estimate of drug-likeness (QED) is 0.333. The van der Waals surface area contributed by atoms with Crippen molar-refractivity contribution in [3.05, 3.63) is 64.5 Å². The summed E-state index contributed by atoms with van der Waals surface area (Å²) in [6.07, 6.45) is 3.90. The van der Waals surface area contributed by atoms with Crippen LogP contribution in [0.2, 0.25) is 0 Å². The Morgan fingerprint density at radius 3 is 2.60 bits per heavy atom. The summed E-state index contributed by atoms with van der Waals surface area (Å²) in [7, 11) is 0. The lowest BCUT2D eigenvalue weighted by molar-refractivity contribution is -0.116. The van der Waals surface area contributed by atoms with Gasteiger partial charge in [-0.15, -0.1) is 11.3 Å². The number of rotatable bonds is 5.